The highest BCUT2D eigenvalue weighted by Crippen LogP contribution is 2.34. The van der Waals surface area contributed by atoms with Crippen LogP contribution in [0.5, 0.6) is 11.5 Å². The zero-order chi connectivity index (χ0) is 12.3. The zero-order valence-electron chi connectivity index (χ0n) is 10.0. The van der Waals surface area contributed by atoms with Crippen LogP contribution in [0.1, 0.15) is 25.5 Å². The van der Waals surface area contributed by atoms with Crippen molar-refractivity contribution in [2.75, 3.05) is 14.2 Å². The molecule has 0 bridgehead atoms. The summed E-state index contributed by atoms with van der Waals surface area (Å²) in [5, 5.41) is 19.7. The molecule has 0 aliphatic heterocycles. The summed E-state index contributed by atoms with van der Waals surface area (Å²) in [6.07, 6.45) is -1.01. The number of ether oxygens (including phenoxy) is 2. The molecule has 16 heavy (non-hydrogen) atoms. The Hall–Kier alpha value is -1.26. The summed E-state index contributed by atoms with van der Waals surface area (Å²) in [6, 6.07) is 5.07. The van der Waals surface area contributed by atoms with Crippen LogP contribution >= 0.6 is 0 Å². The van der Waals surface area contributed by atoms with Crippen molar-refractivity contribution in [2.45, 2.75) is 25.6 Å². The van der Waals surface area contributed by atoms with E-state index in [0.717, 1.165) is 0 Å². The van der Waals surface area contributed by atoms with Gasteiger partial charge < -0.3 is 19.7 Å². The number of rotatable bonds is 4. The molecule has 1 atom stereocenters. The Labute approximate surface area is 95.4 Å². The van der Waals surface area contributed by atoms with E-state index < -0.39 is 11.7 Å². The minimum Gasteiger partial charge on any atom is -0.497 e. The molecule has 0 amide bonds. The molecule has 0 heterocycles. The van der Waals surface area contributed by atoms with Gasteiger partial charge in [0.05, 0.1) is 19.8 Å². The molecule has 2 N–H and O–H groups in total. The smallest absolute Gasteiger partial charge is 0.128 e. The second-order valence-electron chi connectivity index (χ2n) is 4.16. The molecular formula is C12H18O4. The molecule has 0 aliphatic rings. The molecule has 0 aliphatic carbocycles. The van der Waals surface area contributed by atoms with E-state index in [9.17, 15) is 10.2 Å². The Morgan fingerprint density at radius 2 is 1.81 bits per heavy atom. The van der Waals surface area contributed by atoms with Gasteiger partial charge in [-0.2, -0.15) is 0 Å². The van der Waals surface area contributed by atoms with Crippen molar-refractivity contribution in [1.29, 1.82) is 0 Å². The molecule has 0 saturated carbocycles. The molecular weight excluding hydrogens is 208 g/mol. The first kappa shape index (κ1) is 12.8. The summed E-state index contributed by atoms with van der Waals surface area (Å²) in [4.78, 5) is 0. The van der Waals surface area contributed by atoms with Crippen LogP contribution in [-0.2, 0) is 0 Å². The first-order valence-corrected chi connectivity index (χ1v) is 5.02. The third-order valence-electron chi connectivity index (χ3n) is 2.40. The highest BCUT2D eigenvalue weighted by Gasteiger charge is 2.28. The molecule has 0 fully saturated rings. The van der Waals surface area contributed by atoms with Gasteiger partial charge in [-0.1, -0.05) is 0 Å². The van der Waals surface area contributed by atoms with Crippen molar-refractivity contribution in [2.24, 2.45) is 0 Å². The number of hydrogen-bond donors (Lipinski definition) is 2. The first-order valence-electron chi connectivity index (χ1n) is 5.02. The summed E-state index contributed by atoms with van der Waals surface area (Å²) in [5.41, 5.74) is -0.683. The highest BCUT2D eigenvalue weighted by molar-refractivity contribution is 5.42. The highest BCUT2D eigenvalue weighted by atomic mass is 16.5. The summed E-state index contributed by atoms with van der Waals surface area (Å²) in [6.45, 7) is 3.09. The Morgan fingerprint density at radius 3 is 2.25 bits per heavy atom. The molecule has 4 heteroatoms. The van der Waals surface area contributed by atoms with Crippen molar-refractivity contribution in [3.63, 3.8) is 0 Å². The summed E-state index contributed by atoms with van der Waals surface area (Å²) in [5.74, 6) is 1.14. The summed E-state index contributed by atoms with van der Waals surface area (Å²) in [7, 11) is 3.07. The fourth-order valence-electron chi connectivity index (χ4n) is 1.42. The molecule has 1 unspecified atom stereocenters. The van der Waals surface area contributed by atoms with Crippen molar-refractivity contribution in [1.82, 2.24) is 0 Å². The van der Waals surface area contributed by atoms with E-state index in [1.165, 1.54) is 7.11 Å². The lowest BCUT2D eigenvalue weighted by molar-refractivity contribution is -0.0506. The lowest BCUT2D eigenvalue weighted by Gasteiger charge is -2.26. The molecule has 4 nitrogen and oxygen atoms in total. The van der Waals surface area contributed by atoms with Crippen molar-refractivity contribution in [3.05, 3.63) is 23.8 Å². The van der Waals surface area contributed by atoms with E-state index in [-0.39, 0.29) is 0 Å². The third-order valence-corrected chi connectivity index (χ3v) is 2.40. The predicted molar refractivity (Wildman–Crippen MR) is 60.8 cm³/mol. The van der Waals surface area contributed by atoms with Gasteiger partial charge in [-0.15, -0.1) is 0 Å². The molecule has 0 saturated heterocycles. The molecule has 0 aromatic heterocycles. The van der Waals surface area contributed by atoms with Crippen molar-refractivity contribution >= 4 is 0 Å². The molecule has 1 rings (SSSR count). The van der Waals surface area contributed by atoms with E-state index in [2.05, 4.69) is 0 Å². The van der Waals surface area contributed by atoms with Gasteiger partial charge in [0.15, 0.2) is 0 Å². The molecule has 0 spiro atoms. The molecule has 0 radical (unpaired) electrons. The summed E-state index contributed by atoms with van der Waals surface area (Å²) >= 11 is 0. The minimum atomic E-state index is -1.22. The topological polar surface area (TPSA) is 58.9 Å². The number of benzene rings is 1. The van der Waals surface area contributed by atoms with Crippen LogP contribution in [0.3, 0.4) is 0 Å². The second kappa shape index (κ2) is 4.72. The fourth-order valence-corrected chi connectivity index (χ4v) is 1.42. The monoisotopic (exact) mass is 226 g/mol. The number of methoxy groups -OCH3 is 2. The van der Waals surface area contributed by atoms with Crippen LogP contribution in [0, 0.1) is 0 Å². The molecule has 1 aromatic rings. The SMILES string of the molecule is COc1ccc(C(O)C(C)(C)O)c(OC)c1. The average molecular weight is 226 g/mol. The molecule has 90 valence electrons. The number of aliphatic hydroxyl groups is 2. The lowest BCUT2D eigenvalue weighted by atomic mass is 9.94. The van der Waals surface area contributed by atoms with E-state index >= 15 is 0 Å². The van der Waals surface area contributed by atoms with Gasteiger partial charge in [-0.25, -0.2) is 0 Å². The van der Waals surface area contributed by atoms with Gasteiger partial charge in [-0.3, -0.25) is 0 Å². The maximum Gasteiger partial charge on any atom is 0.128 e. The Morgan fingerprint density at radius 1 is 1.19 bits per heavy atom. The maximum absolute atomic E-state index is 9.96. The average Bonchev–Trinajstić information content (AvgIpc) is 2.26. The van der Waals surface area contributed by atoms with Crippen LogP contribution < -0.4 is 9.47 Å². The third kappa shape index (κ3) is 2.65. The Kier molecular flexibility index (Phi) is 3.78. The van der Waals surface area contributed by atoms with Gasteiger partial charge in [0.25, 0.3) is 0 Å². The molecule has 1 aromatic carbocycles. The minimum absolute atomic E-state index is 0.494. The zero-order valence-corrected chi connectivity index (χ0v) is 10.0. The Bertz CT molecular complexity index is 355. The standard InChI is InChI=1S/C12H18O4/c1-12(2,14)11(13)9-6-5-8(15-3)7-10(9)16-4/h5-7,11,13-14H,1-4H3. The van der Waals surface area contributed by atoms with Gasteiger partial charge >= 0.3 is 0 Å². The van der Waals surface area contributed by atoms with Crippen molar-refractivity contribution in [3.8, 4) is 11.5 Å². The van der Waals surface area contributed by atoms with Crippen molar-refractivity contribution < 1.29 is 19.7 Å². The van der Waals surface area contributed by atoms with Gasteiger partial charge in [0, 0.05) is 11.6 Å². The predicted octanol–water partition coefficient (Wildman–Crippen LogP) is 1.51. The van der Waals surface area contributed by atoms with Gasteiger partial charge in [-0.05, 0) is 26.0 Å². The van der Waals surface area contributed by atoms with Crippen LogP contribution in [0.25, 0.3) is 0 Å². The normalized spacial score (nSPS) is 13.4. The summed E-state index contributed by atoms with van der Waals surface area (Å²) < 4.78 is 10.2. The van der Waals surface area contributed by atoms with Crippen LogP contribution in [0.4, 0.5) is 0 Å². The van der Waals surface area contributed by atoms with Crippen LogP contribution in [-0.4, -0.2) is 30.0 Å². The van der Waals surface area contributed by atoms with E-state index in [0.29, 0.717) is 17.1 Å². The second-order valence-corrected chi connectivity index (χ2v) is 4.16. The number of aliphatic hydroxyl groups excluding tert-OH is 1. The maximum atomic E-state index is 9.96. The van der Waals surface area contributed by atoms with Crippen LogP contribution in [0.2, 0.25) is 0 Å². The van der Waals surface area contributed by atoms with Crippen LogP contribution in [0.15, 0.2) is 18.2 Å². The van der Waals surface area contributed by atoms with E-state index in [4.69, 9.17) is 9.47 Å². The Balaban J connectivity index is 3.14. The van der Waals surface area contributed by atoms with Gasteiger partial charge in [0.1, 0.15) is 17.6 Å². The quantitative estimate of drug-likeness (QED) is 0.817. The van der Waals surface area contributed by atoms with E-state index in [1.807, 2.05) is 0 Å². The number of hydrogen-bond acceptors (Lipinski definition) is 4. The first-order chi connectivity index (χ1) is 7.40. The lowest BCUT2D eigenvalue weighted by Crippen LogP contribution is -2.28. The van der Waals surface area contributed by atoms with Gasteiger partial charge in [0.2, 0.25) is 0 Å². The van der Waals surface area contributed by atoms with E-state index in [1.54, 1.807) is 39.2 Å². The fraction of sp³-hybridized carbons (Fsp3) is 0.500. The largest absolute Gasteiger partial charge is 0.497 e.